The fourth-order valence-corrected chi connectivity index (χ4v) is 1.31. The number of thiol groups is 2. The van der Waals surface area contributed by atoms with Crippen molar-refractivity contribution in [2.24, 2.45) is 5.92 Å². The van der Waals surface area contributed by atoms with Gasteiger partial charge in [-0.1, -0.05) is 6.92 Å². The molecule has 0 spiro atoms. The molecule has 1 N–H and O–H groups in total. The molecule has 0 aromatic heterocycles. The quantitative estimate of drug-likeness (QED) is 0.546. The van der Waals surface area contributed by atoms with Crippen LogP contribution in [-0.4, -0.2) is 22.1 Å². The van der Waals surface area contributed by atoms with Gasteiger partial charge in [-0.15, -0.1) is 0 Å². The van der Waals surface area contributed by atoms with Crippen molar-refractivity contribution in [3.8, 4) is 0 Å². The van der Waals surface area contributed by atoms with E-state index in [4.69, 9.17) is 5.11 Å². The first-order chi connectivity index (χ1) is 4.09. The molecule has 0 amide bonds. The van der Waals surface area contributed by atoms with Gasteiger partial charge in [0.25, 0.3) is 0 Å². The third-order valence-corrected chi connectivity index (χ3v) is 1.85. The van der Waals surface area contributed by atoms with Gasteiger partial charge in [0.05, 0.1) is 5.92 Å². The predicted octanol–water partition coefficient (Wildman–Crippen LogP) is 0.935. The molecule has 0 saturated carbocycles. The summed E-state index contributed by atoms with van der Waals surface area (Å²) in [5.41, 5.74) is 0. The molecule has 0 rings (SSSR count). The first kappa shape index (κ1) is 9.17. The van der Waals surface area contributed by atoms with Crippen LogP contribution >= 0.6 is 25.3 Å². The molecule has 0 heterocycles. The summed E-state index contributed by atoms with van der Waals surface area (Å²) in [5.74, 6) is -0.913. The maximum atomic E-state index is 10.3. The molecule has 0 aromatic rings. The van der Waals surface area contributed by atoms with E-state index >= 15 is 0 Å². The largest absolute Gasteiger partial charge is 0.481 e. The maximum Gasteiger partial charge on any atom is 0.308 e. The minimum atomic E-state index is -0.826. The Kier molecular flexibility index (Phi) is 4.14. The average molecular weight is 166 g/mol. The van der Waals surface area contributed by atoms with E-state index in [-0.39, 0.29) is 5.25 Å². The van der Waals surface area contributed by atoms with Gasteiger partial charge in [-0.25, -0.2) is 0 Å². The molecule has 0 radical (unpaired) electrons. The minimum absolute atomic E-state index is 0.125. The van der Waals surface area contributed by atoms with Gasteiger partial charge in [-0.2, -0.15) is 25.3 Å². The van der Waals surface area contributed by atoms with Crippen molar-refractivity contribution < 1.29 is 9.90 Å². The zero-order chi connectivity index (χ0) is 7.44. The van der Waals surface area contributed by atoms with Gasteiger partial charge >= 0.3 is 5.97 Å². The number of carbonyl (C=O) groups is 1. The van der Waals surface area contributed by atoms with Crippen molar-refractivity contribution in [3.63, 3.8) is 0 Å². The number of carboxylic acids is 1. The highest BCUT2D eigenvalue weighted by molar-refractivity contribution is 7.81. The summed E-state index contributed by atoms with van der Waals surface area (Å²) in [6, 6.07) is 0. The zero-order valence-corrected chi connectivity index (χ0v) is 6.90. The van der Waals surface area contributed by atoms with Crippen LogP contribution in [0.4, 0.5) is 0 Å². The summed E-state index contributed by atoms with van der Waals surface area (Å²) < 4.78 is 0. The fourth-order valence-electron chi connectivity index (χ4n) is 0.437. The van der Waals surface area contributed by atoms with Crippen molar-refractivity contribution in [3.05, 3.63) is 0 Å². The Morgan fingerprint density at radius 3 is 2.22 bits per heavy atom. The monoisotopic (exact) mass is 166 g/mol. The number of aliphatic carboxylic acids is 1. The predicted molar refractivity (Wildman–Crippen MR) is 43.4 cm³/mol. The molecule has 0 aliphatic rings. The third kappa shape index (κ3) is 3.01. The van der Waals surface area contributed by atoms with E-state index in [2.05, 4.69) is 25.3 Å². The first-order valence-corrected chi connectivity index (χ1v) is 3.76. The summed E-state index contributed by atoms with van der Waals surface area (Å²) in [6.07, 6.45) is 0. The molecule has 2 atom stereocenters. The first-order valence-electron chi connectivity index (χ1n) is 2.61. The van der Waals surface area contributed by atoms with E-state index in [1.54, 1.807) is 6.92 Å². The maximum absolute atomic E-state index is 10.3. The molecule has 54 valence electrons. The van der Waals surface area contributed by atoms with Gasteiger partial charge in [0, 0.05) is 11.0 Å². The molecule has 0 aliphatic carbocycles. The van der Waals surface area contributed by atoms with E-state index in [1.807, 2.05) is 0 Å². The molecular weight excluding hydrogens is 156 g/mol. The van der Waals surface area contributed by atoms with Crippen LogP contribution in [0.5, 0.6) is 0 Å². The van der Waals surface area contributed by atoms with Crippen LogP contribution < -0.4 is 0 Å². The van der Waals surface area contributed by atoms with Crippen LogP contribution in [0, 0.1) is 5.92 Å². The zero-order valence-electron chi connectivity index (χ0n) is 5.11. The lowest BCUT2D eigenvalue weighted by Crippen LogP contribution is -2.23. The summed E-state index contributed by atoms with van der Waals surface area (Å²) in [7, 11) is 0. The van der Waals surface area contributed by atoms with E-state index < -0.39 is 11.9 Å². The van der Waals surface area contributed by atoms with Crippen LogP contribution in [0.2, 0.25) is 0 Å². The number of hydrogen-bond acceptors (Lipinski definition) is 3. The van der Waals surface area contributed by atoms with Gasteiger partial charge in [0.1, 0.15) is 0 Å². The van der Waals surface area contributed by atoms with Crippen molar-refractivity contribution in [1.82, 2.24) is 0 Å². The molecule has 0 fully saturated rings. The molecular formula is C5H10O2S2. The second-order valence-electron chi connectivity index (χ2n) is 1.87. The van der Waals surface area contributed by atoms with Crippen LogP contribution in [0.15, 0.2) is 0 Å². The van der Waals surface area contributed by atoms with Gasteiger partial charge in [0.2, 0.25) is 0 Å². The van der Waals surface area contributed by atoms with Gasteiger partial charge in [-0.3, -0.25) is 4.79 Å². The van der Waals surface area contributed by atoms with Gasteiger partial charge in [-0.05, 0) is 0 Å². The van der Waals surface area contributed by atoms with Crippen LogP contribution in [0.3, 0.4) is 0 Å². The number of hydrogen-bond donors (Lipinski definition) is 3. The Bertz CT molecular complexity index is 103. The molecule has 0 bridgehead atoms. The SMILES string of the molecule is CC(S)C(CS)C(=O)O. The molecule has 0 aliphatic heterocycles. The average Bonchev–Trinajstić information content (AvgIpc) is 1.64. The summed E-state index contributed by atoms with van der Waals surface area (Å²) in [5, 5.41) is 8.32. The minimum Gasteiger partial charge on any atom is -0.481 e. The lowest BCUT2D eigenvalue weighted by molar-refractivity contribution is -0.140. The highest BCUT2D eigenvalue weighted by atomic mass is 32.1. The van der Waals surface area contributed by atoms with Crippen molar-refractivity contribution >= 4 is 31.2 Å². The van der Waals surface area contributed by atoms with Crippen molar-refractivity contribution in [2.75, 3.05) is 5.75 Å². The normalized spacial score (nSPS) is 16.8. The molecule has 2 nitrogen and oxygen atoms in total. The Labute approximate surface area is 65.5 Å². The van der Waals surface area contributed by atoms with E-state index in [9.17, 15) is 4.79 Å². The topological polar surface area (TPSA) is 37.3 Å². The van der Waals surface area contributed by atoms with Crippen LogP contribution in [0.25, 0.3) is 0 Å². The second-order valence-corrected chi connectivity index (χ2v) is 3.05. The molecule has 2 unspecified atom stereocenters. The van der Waals surface area contributed by atoms with Crippen LogP contribution in [-0.2, 0) is 4.79 Å². The molecule has 9 heavy (non-hydrogen) atoms. The number of rotatable bonds is 3. The van der Waals surface area contributed by atoms with E-state index in [0.717, 1.165) is 0 Å². The van der Waals surface area contributed by atoms with Crippen molar-refractivity contribution in [1.29, 1.82) is 0 Å². The van der Waals surface area contributed by atoms with Gasteiger partial charge in [0.15, 0.2) is 0 Å². The smallest absolute Gasteiger partial charge is 0.308 e. The summed E-state index contributed by atoms with van der Waals surface area (Å²) in [6.45, 7) is 1.75. The summed E-state index contributed by atoms with van der Waals surface area (Å²) in [4.78, 5) is 10.3. The van der Waals surface area contributed by atoms with Gasteiger partial charge < -0.3 is 5.11 Å². The summed E-state index contributed by atoms with van der Waals surface area (Å²) >= 11 is 7.85. The van der Waals surface area contributed by atoms with Crippen LogP contribution in [0.1, 0.15) is 6.92 Å². The van der Waals surface area contributed by atoms with Crippen molar-refractivity contribution in [2.45, 2.75) is 12.2 Å². The lowest BCUT2D eigenvalue weighted by Gasteiger charge is -2.10. The fraction of sp³-hybridized carbons (Fsp3) is 0.800. The Balaban J connectivity index is 3.83. The second kappa shape index (κ2) is 4.06. The standard InChI is InChI=1S/C5H10O2S2/c1-3(9)4(2-8)5(6)7/h3-4,8-9H,2H2,1H3,(H,6,7). The highest BCUT2D eigenvalue weighted by Crippen LogP contribution is 2.10. The molecule has 4 heteroatoms. The Hall–Kier alpha value is 0.170. The number of carboxylic acid groups (broad SMARTS) is 1. The Morgan fingerprint density at radius 2 is 2.22 bits per heavy atom. The lowest BCUT2D eigenvalue weighted by atomic mass is 10.1. The van der Waals surface area contributed by atoms with E-state index in [0.29, 0.717) is 5.75 Å². The molecule has 0 saturated heterocycles. The molecule has 0 aromatic carbocycles. The third-order valence-electron chi connectivity index (χ3n) is 1.10. The van der Waals surface area contributed by atoms with E-state index in [1.165, 1.54) is 0 Å². The Morgan fingerprint density at radius 1 is 1.78 bits per heavy atom. The highest BCUT2D eigenvalue weighted by Gasteiger charge is 2.19.